The van der Waals surface area contributed by atoms with E-state index in [0.29, 0.717) is 5.57 Å². The number of nitrogens with one attached hydrogen (secondary N) is 1. The normalized spacial score (nSPS) is 12.3. The van der Waals surface area contributed by atoms with Crippen molar-refractivity contribution in [2.24, 2.45) is 0 Å². The minimum Gasteiger partial charge on any atom is -0.333 e. The monoisotopic (exact) mass is 168 g/mol. The summed E-state index contributed by atoms with van der Waals surface area (Å²) in [6.45, 7) is 8.82. The Bertz CT molecular complexity index is 197. The fraction of sp³-hybridized carbons (Fsp3) is 0.444. The second-order valence-electron chi connectivity index (χ2n) is 2.90. The molecular weight excluding hydrogens is 152 g/mol. The molecule has 0 aliphatic rings. The van der Waals surface area contributed by atoms with Crippen molar-refractivity contribution in [3.05, 3.63) is 24.8 Å². The van der Waals surface area contributed by atoms with E-state index < -0.39 is 0 Å². The lowest BCUT2D eigenvalue weighted by atomic mass is 10.3. The van der Waals surface area contributed by atoms with Gasteiger partial charge in [-0.3, -0.25) is 9.69 Å². The van der Waals surface area contributed by atoms with Gasteiger partial charge in [0.1, 0.15) is 6.17 Å². The highest BCUT2D eigenvalue weighted by molar-refractivity contribution is 5.92. The van der Waals surface area contributed by atoms with E-state index in [-0.39, 0.29) is 12.1 Å². The molecule has 0 aliphatic heterocycles. The molecule has 0 aromatic rings. The SMILES string of the molecule is C=CC(NC(=O)C(=C)C)N(C)C. The Morgan fingerprint density at radius 1 is 1.58 bits per heavy atom. The van der Waals surface area contributed by atoms with Gasteiger partial charge in [0.25, 0.3) is 0 Å². The van der Waals surface area contributed by atoms with Crippen LogP contribution in [0.25, 0.3) is 0 Å². The lowest BCUT2D eigenvalue weighted by molar-refractivity contribution is -0.118. The molecule has 0 spiro atoms. The molecule has 0 heterocycles. The first-order valence-electron chi connectivity index (χ1n) is 3.74. The van der Waals surface area contributed by atoms with E-state index in [1.54, 1.807) is 13.0 Å². The van der Waals surface area contributed by atoms with Crippen LogP contribution in [0, 0.1) is 0 Å². The predicted octanol–water partition coefficient (Wildman–Crippen LogP) is 0.752. The van der Waals surface area contributed by atoms with Gasteiger partial charge in [0.05, 0.1) is 0 Å². The number of rotatable bonds is 4. The van der Waals surface area contributed by atoms with Gasteiger partial charge >= 0.3 is 0 Å². The Morgan fingerprint density at radius 2 is 2.08 bits per heavy atom. The summed E-state index contributed by atoms with van der Waals surface area (Å²) in [5, 5.41) is 2.73. The van der Waals surface area contributed by atoms with Gasteiger partial charge in [-0.1, -0.05) is 19.2 Å². The Morgan fingerprint density at radius 3 is 2.33 bits per heavy atom. The van der Waals surface area contributed by atoms with Gasteiger partial charge in [-0.2, -0.15) is 0 Å². The molecular formula is C9H16N2O. The van der Waals surface area contributed by atoms with E-state index in [1.165, 1.54) is 0 Å². The van der Waals surface area contributed by atoms with Crippen LogP contribution in [0.3, 0.4) is 0 Å². The fourth-order valence-corrected chi connectivity index (χ4v) is 0.656. The second kappa shape index (κ2) is 4.72. The maximum Gasteiger partial charge on any atom is 0.247 e. The Labute approximate surface area is 73.8 Å². The summed E-state index contributed by atoms with van der Waals surface area (Å²) in [5.41, 5.74) is 0.503. The minimum absolute atomic E-state index is 0.130. The summed E-state index contributed by atoms with van der Waals surface area (Å²) in [6, 6.07) is 0. The molecule has 0 saturated carbocycles. The van der Waals surface area contributed by atoms with Crippen molar-refractivity contribution in [2.75, 3.05) is 14.1 Å². The highest BCUT2D eigenvalue weighted by Gasteiger charge is 2.09. The first kappa shape index (κ1) is 10.9. The molecule has 0 aromatic carbocycles. The zero-order valence-electron chi connectivity index (χ0n) is 7.92. The maximum atomic E-state index is 11.1. The summed E-state index contributed by atoms with van der Waals surface area (Å²) >= 11 is 0. The number of nitrogens with zero attached hydrogens (tertiary/aromatic N) is 1. The number of likely N-dealkylation sites (N-methyl/N-ethyl adjacent to an activating group) is 1. The fourth-order valence-electron chi connectivity index (χ4n) is 0.656. The van der Waals surface area contributed by atoms with Gasteiger partial charge in [-0.05, 0) is 21.0 Å². The molecule has 0 saturated heterocycles. The van der Waals surface area contributed by atoms with E-state index in [0.717, 1.165) is 0 Å². The van der Waals surface area contributed by atoms with Crippen LogP contribution in [0.1, 0.15) is 6.92 Å². The smallest absolute Gasteiger partial charge is 0.247 e. The van der Waals surface area contributed by atoms with Gasteiger partial charge in [0.2, 0.25) is 5.91 Å². The summed E-state index contributed by atoms with van der Waals surface area (Å²) < 4.78 is 0. The van der Waals surface area contributed by atoms with Gasteiger partial charge in [-0.15, -0.1) is 0 Å². The van der Waals surface area contributed by atoms with E-state index in [9.17, 15) is 4.79 Å². The van der Waals surface area contributed by atoms with Gasteiger partial charge in [0.15, 0.2) is 0 Å². The molecule has 0 bridgehead atoms. The third kappa shape index (κ3) is 3.34. The number of hydrogen-bond acceptors (Lipinski definition) is 2. The largest absolute Gasteiger partial charge is 0.333 e. The maximum absolute atomic E-state index is 11.1. The number of hydrogen-bond donors (Lipinski definition) is 1. The van der Waals surface area contributed by atoms with Crippen molar-refractivity contribution in [3.8, 4) is 0 Å². The topological polar surface area (TPSA) is 32.3 Å². The first-order valence-corrected chi connectivity index (χ1v) is 3.74. The zero-order valence-corrected chi connectivity index (χ0v) is 7.92. The average Bonchev–Trinajstić information content (AvgIpc) is 1.98. The molecule has 1 amide bonds. The van der Waals surface area contributed by atoms with E-state index in [4.69, 9.17) is 0 Å². The van der Waals surface area contributed by atoms with Crippen LogP contribution in [-0.4, -0.2) is 31.1 Å². The van der Waals surface area contributed by atoms with Crippen LogP contribution in [0.5, 0.6) is 0 Å². The average molecular weight is 168 g/mol. The van der Waals surface area contributed by atoms with Crippen molar-refractivity contribution in [3.63, 3.8) is 0 Å². The molecule has 0 aromatic heterocycles. The molecule has 1 N–H and O–H groups in total. The minimum atomic E-state index is -0.145. The highest BCUT2D eigenvalue weighted by atomic mass is 16.1. The van der Waals surface area contributed by atoms with E-state index >= 15 is 0 Å². The van der Waals surface area contributed by atoms with Crippen LogP contribution in [0.4, 0.5) is 0 Å². The summed E-state index contributed by atoms with van der Waals surface area (Å²) in [6.07, 6.45) is 1.54. The molecule has 0 rings (SSSR count). The van der Waals surface area contributed by atoms with Gasteiger partial charge in [0, 0.05) is 5.57 Å². The Hall–Kier alpha value is -1.09. The zero-order chi connectivity index (χ0) is 9.72. The highest BCUT2D eigenvalue weighted by Crippen LogP contribution is 1.93. The number of carbonyl (C=O) groups is 1. The van der Waals surface area contributed by atoms with Crippen LogP contribution < -0.4 is 5.32 Å². The lowest BCUT2D eigenvalue weighted by Crippen LogP contribution is -2.43. The third-order valence-electron chi connectivity index (χ3n) is 1.45. The quantitative estimate of drug-likeness (QED) is 0.382. The second-order valence-corrected chi connectivity index (χ2v) is 2.90. The van der Waals surface area contributed by atoms with Crippen molar-refractivity contribution < 1.29 is 4.79 Å². The standard InChI is InChI=1S/C9H16N2O/c1-6-8(11(4)5)10-9(12)7(2)3/h6,8H,1-2H2,3-5H3,(H,10,12). The third-order valence-corrected chi connectivity index (χ3v) is 1.45. The Kier molecular flexibility index (Phi) is 4.29. The molecule has 1 unspecified atom stereocenters. The van der Waals surface area contributed by atoms with Crippen molar-refractivity contribution in [1.29, 1.82) is 0 Å². The molecule has 0 aliphatic carbocycles. The van der Waals surface area contributed by atoms with Crippen LogP contribution in [0.15, 0.2) is 24.8 Å². The lowest BCUT2D eigenvalue weighted by Gasteiger charge is -2.21. The number of carbonyl (C=O) groups excluding carboxylic acids is 1. The summed E-state index contributed by atoms with van der Waals surface area (Å²) in [4.78, 5) is 13.0. The first-order chi connectivity index (χ1) is 5.49. The summed E-state index contributed by atoms with van der Waals surface area (Å²) in [5.74, 6) is -0.145. The molecule has 1 atom stereocenters. The summed E-state index contributed by atoms with van der Waals surface area (Å²) in [7, 11) is 3.73. The Balaban J connectivity index is 4.12. The molecule has 12 heavy (non-hydrogen) atoms. The van der Waals surface area contributed by atoms with Crippen molar-refractivity contribution in [2.45, 2.75) is 13.1 Å². The van der Waals surface area contributed by atoms with Crippen LogP contribution in [0.2, 0.25) is 0 Å². The van der Waals surface area contributed by atoms with Gasteiger partial charge in [-0.25, -0.2) is 0 Å². The van der Waals surface area contributed by atoms with Crippen molar-refractivity contribution in [1.82, 2.24) is 10.2 Å². The van der Waals surface area contributed by atoms with E-state index in [2.05, 4.69) is 18.5 Å². The molecule has 3 nitrogen and oxygen atoms in total. The molecule has 0 fully saturated rings. The number of amides is 1. The predicted molar refractivity (Wildman–Crippen MR) is 50.6 cm³/mol. The molecule has 3 heteroatoms. The van der Waals surface area contributed by atoms with Crippen LogP contribution >= 0.6 is 0 Å². The van der Waals surface area contributed by atoms with Crippen molar-refractivity contribution >= 4 is 5.91 Å². The van der Waals surface area contributed by atoms with Gasteiger partial charge < -0.3 is 5.32 Å². The van der Waals surface area contributed by atoms with Crippen LogP contribution in [-0.2, 0) is 4.79 Å². The molecule has 68 valence electrons. The molecule has 0 radical (unpaired) electrons. The van der Waals surface area contributed by atoms with E-state index in [1.807, 2.05) is 19.0 Å².